The van der Waals surface area contributed by atoms with Gasteiger partial charge in [-0.25, -0.2) is 4.39 Å². The molecule has 3 nitrogen and oxygen atoms in total. The van der Waals surface area contributed by atoms with Gasteiger partial charge in [0.05, 0.1) is 18.0 Å². The van der Waals surface area contributed by atoms with Crippen LogP contribution in [0, 0.1) is 5.82 Å². The number of halogens is 2. The predicted molar refractivity (Wildman–Crippen MR) is 63.8 cm³/mol. The lowest BCUT2D eigenvalue weighted by molar-refractivity contribution is -0.137. The van der Waals surface area contributed by atoms with Gasteiger partial charge in [0.1, 0.15) is 11.6 Å². The van der Waals surface area contributed by atoms with Gasteiger partial charge < -0.3 is 9.84 Å². The van der Waals surface area contributed by atoms with E-state index in [2.05, 4.69) is 15.9 Å². The van der Waals surface area contributed by atoms with Crippen molar-refractivity contribution in [3.8, 4) is 5.75 Å². The van der Waals surface area contributed by atoms with Gasteiger partial charge >= 0.3 is 5.97 Å². The average molecular weight is 303 g/mol. The fourth-order valence-corrected chi connectivity index (χ4v) is 2.44. The van der Waals surface area contributed by atoms with Crippen LogP contribution in [0.15, 0.2) is 16.6 Å². The van der Waals surface area contributed by atoms with Crippen LogP contribution >= 0.6 is 15.9 Å². The Morgan fingerprint density at radius 1 is 1.59 bits per heavy atom. The highest BCUT2D eigenvalue weighted by Crippen LogP contribution is 2.54. The van der Waals surface area contributed by atoms with Crippen molar-refractivity contribution in [1.29, 1.82) is 0 Å². The quantitative estimate of drug-likeness (QED) is 0.929. The van der Waals surface area contributed by atoms with Crippen LogP contribution in [0.2, 0.25) is 0 Å². The minimum Gasteiger partial charge on any atom is -0.496 e. The summed E-state index contributed by atoms with van der Waals surface area (Å²) in [4.78, 5) is 10.9. The lowest BCUT2D eigenvalue weighted by atomic mass is 9.91. The van der Waals surface area contributed by atoms with Crippen LogP contribution in [0.4, 0.5) is 4.39 Å². The van der Waals surface area contributed by atoms with Crippen LogP contribution < -0.4 is 4.74 Å². The fraction of sp³-hybridized carbons (Fsp3) is 0.417. The van der Waals surface area contributed by atoms with Crippen molar-refractivity contribution in [2.24, 2.45) is 0 Å². The van der Waals surface area contributed by atoms with E-state index < -0.39 is 11.8 Å². The molecule has 0 bridgehead atoms. The Labute approximate surface area is 107 Å². The van der Waals surface area contributed by atoms with Crippen molar-refractivity contribution in [2.75, 3.05) is 7.11 Å². The molecule has 0 atom stereocenters. The zero-order valence-electron chi connectivity index (χ0n) is 9.30. The van der Waals surface area contributed by atoms with Gasteiger partial charge in [0.25, 0.3) is 0 Å². The van der Waals surface area contributed by atoms with Crippen LogP contribution in [0.1, 0.15) is 24.8 Å². The second-order valence-electron chi connectivity index (χ2n) is 4.32. The van der Waals surface area contributed by atoms with Crippen molar-refractivity contribution in [2.45, 2.75) is 24.7 Å². The van der Waals surface area contributed by atoms with Crippen LogP contribution in [-0.4, -0.2) is 18.2 Å². The molecule has 0 heterocycles. The van der Waals surface area contributed by atoms with Gasteiger partial charge in [-0.2, -0.15) is 0 Å². The van der Waals surface area contributed by atoms with Crippen molar-refractivity contribution in [3.05, 3.63) is 28.0 Å². The number of aliphatic carboxylic acids is 1. The van der Waals surface area contributed by atoms with Gasteiger partial charge in [-0.1, -0.05) is 0 Å². The molecule has 2 rings (SSSR count). The lowest BCUT2D eigenvalue weighted by Gasteiger charge is -2.17. The first-order valence-corrected chi connectivity index (χ1v) is 6.03. The molecule has 0 spiro atoms. The van der Waals surface area contributed by atoms with E-state index in [9.17, 15) is 9.18 Å². The van der Waals surface area contributed by atoms with Gasteiger partial charge in [0.15, 0.2) is 0 Å². The summed E-state index contributed by atoms with van der Waals surface area (Å²) < 4.78 is 18.8. The third-order valence-corrected chi connectivity index (χ3v) is 3.76. The number of methoxy groups -OCH3 is 1. The highest BCUT2D eigenvalue weighted by molar-refractivity contribution is 9.10. The molecule has 1 aliphatic rings. The first-order valence-electron chi connectivity index (χ1n) is 5.24. The number of hydrogen-bond donors (Lipinski definition) is 1. The molecule has 0 aromatic heterocycles. The number of rotatable bonds is 4. The number of ether oxygens (including phenoxy) is 1. The second kappa shape index (κ2) is 4.29. The van der Waals surface area contributed by atoms with Crippen molar-refractivity contribution in [1.82, 2.24) is 0 Å². The molecule has 0 saturated heterocycles. The minimum atomic E-state index is -0.843. The van der Waals surface area contributed by atoms with Crippen molar-refractivity contribution >= 4 is 21.9 Å². The average Bonchev–Trinajstić information content (AvgIpc) is 3.01. The summed E-state index contributed by atoms with van der Waals surface area (Å²) in [6.45, 7) is 0. The highest BCUT2D eigenvalue weighted by atomic mass is 79.9. The summed E-state index contributed by atoms with van der Waals surface area (Å²) in [5.74, 6) is -0.828. The molecule has 0 unspecified atom stereocenters. The zero-order valence-corrected chi connectivity index (χ0v) is 10.9. The standard InChI is InChI=1S/C12H12BrFO3/c1-17-10-5-9(14)8(13)4-7(10)12(2-3-12)6-11(15)16/h4-5H,2-3,6H2,1H3,(H,15,16). The number of hydrogen-bond acceptors (Lipinski definition) is 2. The molecule has 1 fully saturated rings. The third kappa shape index (κ3) is 2.29. The van der Waals surface area contributed by atoms with E-state index in [0.29, 0.717) is 10.2 Å². The van der Waals surface area contributed by atoms with Crippen LogP contribution in [-0.2, 0) is 10.2 Å². The molecule has 0 amide bonds. The molecule has 1 aromatic carbocycles. The van der Waals surface area contributed by atoms with Gasteiger partial charge in [-0.15, -0.1) is 0 Å². The molecule has 0 radical (unpaired) electrons. The van der Waals surface area contributed by atoms with Crippen molar-refractivity contribution in [3.63, 3.8) is 0 Å². The Morgan fingerprint density at radius 2 is 2.24 bits per heavy atom. The van der Waals surface area contributed by atoms with Crippen LogP contribution in [0.25, 0.3) is 0 Å². The van der Waals surface area contributed by atoms with E-state index in [4.69, 9.17) is 9.84 Å². The largest absolute Gasteiger partial charge is 0.496 e. The lowest BCUT2D eigenvalue weighted by Crippen LogP contribution is -2.14. The molecule has 0 aliphatic heterocycles. The molecule has 1 aliphatic carbocycles. The number of benzene rings is 1. The molecule has 5 heteroatoms. The first-order chi connectivity index (χ1) is 7.98. The number of carbonyl (C=O) groups is 1. The topological polar surface area (TPSA) is 46.5 Å². The minimum absolute atomic E-state index is 0.0570. The SMILES string of the molecule is COc1cc(F)c(Br)cc1C1(CC(=O)O)CC1. The molecule has 1 aromatic rings. The summed E-state index contributed by atoms with van der Waals surface area (Å²) in [6, 6.07) is 2.92. The van der Waals surface area contributed by atoms with E-state index in [1.54, 1.807) is 6.07 Å². The van der Waals surface area contributed by atoms with Gasteiger partial charge in [-0.3, -0.25) is 4.79 Å². The Kier molecular flexibility index (Phi) is 3.12. The van der Waals surface area contributed by atoms with Gasteiger partial charge in [-0.05, 0) is 34.8 Å². The zero-order chi connectivity index (χ0) is 12.6. The second-order valence-corrected chi connectivity index (χ2v) is 5.17. The Bertz CT molecular complexity index is 469. The summed E-state index contributed by atoms with van der Waals surface area (Å²) in [7, 11) is 1.46. The predicted octanol–water partition coefficient (Wildman–Crippen LogP) is 3.10. The smallest absolute Gasteiger partial charge is 0.304 e. The monoisotopic (exact) mass is 302 g/mol. The van der Waals surface area contributed by atoms with Crippen LogP contribution in [0.5, 0.6) is 5.75 Å². The molecule has 17 heavy (non-hydrogen) atoms. The van der Waals surface area contributed by atoms with Gasteiger partial charge in [0.2, 0.25) is 0 Å². The molecule has 92 valence electrons. The summed E-state index contributed by atoms with van der Waals surface area (Å²) in [5.41, 5.74) is 0.392. The Balaban J connectivity index is 2.44. The number of carboxylic acids is 1. The molecular formula is C12H12BrFO3. The Hall–Kier alpha value is -1.10. The van der Waals surface area contributed by atoms with E-state index in [1.165, 1.54) is 13.2 Å². The fourth-order valence-electron chi connectivity index (χ4n) is 2.09. The molecule has 1 saturated carbocycles. The highest BCUT2D eigenvalue weighted by Gasteiger charge is 2.48. The maximum absolute atomic E-state index is 13.4. The maximum Gasteiger partial charge on any atom is 0.304 e. The van der Waals surface area contributed by atoms with E-state index >= 15 is 0 Å². The first kappa shape index (κ1) is 12.4. The van der Waals surface area contributed by atoms with Crippen molar-refractivity contribution < 1.29 is 19.0 Å². The summed E-state index contributed by atoms with van der Waals surface area (Å²) in [6.07, 6.45) is 1.66. The van der Waals surface area contributed by atoms with E-state index in [0.717, 1.165) is 18.4 Å². The van der Waals surface area contributed by atoms with E-state index in [-0.39, 0.29) is 11.8 Å². The Morgan fingerprint density at radius 3 is 2.71 bits per heavy atom. The van der Waals surface area contributed by atoms with E-state index in [1.807, 2.05) is 0 Å². The normalized spacial score (nSPS) is 16.6. The van der Waals surface area contributed by atoms with Gasteiger partial charge in [0, 0.05) is 17.0 Å². The third-order valence-electron chi connectivity index (χ3n) is 3.16. The summed E-state index contributed by atoms with van der Waals surface area (Å²) in [5, 5.41) is 8.91. The molecular weight excluding hydrogens is 291 g/mol. The van der Waals surface area contributed by atoms with Crippen LogP contribution in [0.3, 0.4) is 0 Å². The molecule has 1 N–H and O–H groups in total. The maximum atomic E-state index is 13.4. The summed E-state index contributed by atoms with van der Waals surface area (Å²) >= 11 is 3.12. The number of carboxylic acid groups (broad SMARTS) is 1.